The molecule has 0 bridgehead atoms. The van der Waals surface area contributed by atoms with Crippen molar-refractivity contribution in [1.82, 2.24) is 9.78 Å². The molecule has 1 aromatic rings. The number of aromatic nitrogens is 2. The van der Waals surface area contributed by atoms with E-state index in [0.717, 1.165) is 37.1 Å². The minimum absolute atomic E-state index is 0.106. The van der Waals surface area contributed by atoms with Crippen molar-refractivity contribution in [3.05, 3.63) is 17.5 Å². The van der Waals surface area contributed by atoms with Crippen molar-refractivity contribution >= 4 is 5.97 Å². The molecule has 1 aliphatic rings. The molecule has 0 amide bonds. The second kappa shape index (κ2) is 3.20. The van der Waals surface area contributed by atoms with Gasteiger partial charge in [0.25, 0.3) is 0 Å². The Balaban J connectivity index is 2.26. The summed E-state index contributed by atoms with van der Waals surface area (Å²) in [6.45, 7) is 0.939. The standard InChI is InChI=1S/C9H12N2O2/c12-9(13)5-7-6-10-11-4-2-1-3-8(7)11/h6H,1-5H2,(H,12,13). The molecule has 13 heavy (non-hydrogen) atoms. The molecular formula is C9H12N2O2. The second-order valence-electron chi connectivity index (χ2n) is 3.37. The van der Waals surface area contributed by atoms with Gasteiger partial charge in [0.1, 0.15) is 0 Å². The summed E-state index contributed by atoms with van der Waals surface area (Å²) in [6, 6.07) is 0. The molecule has 1 N–H and O–H groups in total. The van der Waals surface area contributed by atoms with Gasteiger partial charge < -0.3 is 5.11 Å². The summed E-state index contributed by atoms with van der Waals surface area (Å²) in [5.74, 6) is -0.777. The van der Waals surface area contributed by atoms with Crippen LogP contribution in [0.2, 0.25) is 0 Å². The Labute approximate surface area is 76.2 Å². The van der Waals surface area contributed by atoms with E-state index in [0.29, 0.717) is 0 Å². The number of hydrogen-bond acceptors (Lipinski definition) is 2. The van der Waals surface area contributed by atoms with E-state index in [-0.39, 0.29) is 6.42 Å². The SMILES string of the molecule is O=C(O)Cc1cnn2c1CCCC2. The van der Waals surface area contributed by atoms with Crippen LogP contribution in [-0.2, 0) is 24.2 Å². The van der Waals surface area contributed by atoms with Crippen LogP contribution in [0.3, 0.4) is 0 Å². The zero-order valence-corrected chi connectivity index (χ0v) is 7.36. The van der Waals surface area contributed by atoms with E-state index in [4.69, 9.17) is 5.11 Å². The maximum atomic E-state index is 10.5. The summed E-state index contributed by atoms with van der Waals surface area (Å²) in [5.41, 5.74) is 2.00. The predicted octanol–water partition coefficient (Wildman–Crippen LogP) is 0.847. The topological polar surface area (TPSA) is 55.1 Å². The molecule has 0 aromatic carbocycles. The lowest BCUT2D eigenvalue weighted by Gasteiger charge is -2.13. The first-order chi connectivity index (χ1) is 6.27. The molecule has 0 aliphatic carbocycles. The molecular weight excluding hydrogens is 168 g/mol. The van der Waals surface area contributed by atoms with Crippen LogP contribution in [0.4, 0.5) is 0 Å². The molecule has 1 aromatic heterocycles. The molecule has 0 saturated heterocycles. The van der Waals surface area contributed by atoms with Gasteiger partial charge in [-0.3, -0.25) is 9.48 Å². The molecule has 0 radical (unpaired) electrons. The Morgan fingerprint density at radius 1 is 1.62 bits per heavy atom. The lowest BCUT2D eigenvalue weighted by Crippen LogP contribution is -2.13. The maximum Gasteiger partial charge on any atom is 0.307 e. The number of aliphatic carboxylic acids is 1. The normalized spacial score (nSPS) is 15.4. The van der Waals surface area contributed by atoms with Gasteiger partial charge in [-0.2, -0.15) is 5.10 Å². The number of aryl methyl sites for hydroxylation is 1. The van der Waals surface area contributed by atoms with Crippen LogP contribution in [0.1, 0.15) is 24.1 Å². The summed E-state index contributed by atoms with van der Waals surface area (Å²) in [7, 11) is 0. The predicted molar refractivity (Wildman–Crippen MR) is 46.5 cm³/mol. The van der Waals surface area contributed by atoms with Crippen molar-refractivity contribution < 1.29 is 9.90 Å². The number of nitrogens with zero attached hydrogens (tertiary/aromatic N) is 2. The number of carboxylic acids is 1. The van der Waals surface area contributed by atoms with Crippen molar-refractivity contribution in [2.24, 2.45) is 0 Å². The number of carboxylic acid groups (broad SMARTS) is 1. The van der Waals surface area contributed by atoms with E-state index in [9.17, 15) is 4.79 Å². The Kier molecular flexibility index (Phi) is 2.04. The van der Waals surface area contributed by atoms with Gasteiger partial charge in [0.05, 0.1) is 12.6 Å². The Bertz CT molecular complexity index is 330. The number of hydrogen-bond donors (Lipinski definition) is 1. The van der Waals surface area contributed by atoms with Gasteiger partial charge >= 0.3 is 5.97 Å². The van der Waals surface area contributed by atoms with Crippen LogP contribution in [0.15, 0.2) is 6.20 Å². The number of rotatable bonds is 2. The van der Waals surface area contributed by atoms with Gasteiger partial charge in [-0.25, -0.2) is 0 Å². The van der Waals surface area contributed by atoms with E-state index >= 15 is 0 Å². The molecule has 4 heteroatoms. The van der Waals surface area contributed by atoms with Gasteiger partial charge in [0.15, 0.2) is 0 Å². The van der Waals surface area contributed by atoms with Crippen LogP contribution in [-0.4, -0.2) is 20.9 Å². The Morgan fingerprint density at radius 3 is 3.23 bits per heavy atom. The minimum Gasteiger partial charge on any atom is -0.481 e. The van der Waals surface area contributed by atoms with Crippen LogP contribution in [0.5, 0.6) is 0 Å². The summed E-state index contributed by atoms with van der Waals surface area (Å²) < 4.78 is 1.93. The fraction of sp³-hybridized carbons (Fsp3) is 0.556. The Hall–Kier alpha value is -1.32. The first-order valence-electron chi connectivity index (χ1n) is 4.53. The molecule has 0 fully saturated rings. The molecule has 0 atom stereocenters. The summed E-state index contributed by atoms with van der Waals surface area (Å²) in [5, 5.41) is 12.8. The zero-order chi connectivity index (χ0) is 9.26. The van der Waals surface area contributed by atoms with Crippen LogP contribution in [0, 0.1) is 0 Å². The lowest BCUT2D eigenvalue weighted by atomic mass is 10.1. The second-order valence-corrected chi connectivity index (χ2v) is 3.37. The highest BCUT2D eigenvalue weighted by Gasteiger charge is 2.15. The summed E-state index contributed by atoms with van der Waals surface area (Å²) in [6.07, 6.45) is 5.08. The van der Waals surface area contributed by atoms with Crippen molar-refractivity contribution in [1.29, 1.82) is 0 Å². The van der Waals surface area contributed by atoms with Gasteiger partial charge in [0.2, 0.25) is 0 Å². The van der Waals surface area contributed by atoms with Crippen LogP contribution in [0.25, 0.3) is 0 Å². The van der Waals surface area contributed by atoms with E-state index in [1.807, 2.05) is 4.68 Å². The molecule has 0 unspecified atom stereocenters. The van der Waals surface area contributed by atoms with Gasteiger partial charge in [-0.1, -0.05) is 0 Å². The number of fused-ring (bicyclic) bond motifs is 1. The molecule has 0 spiro atoms. The third-order valence-electron chi connectivity index (χ3n) is 2.41. The minimum atomic E-state index is -0.777. The molecule has 2 heterocycles. The first kappa shape index (κ1) is 8.29. The summed E-state index contributed by atoms with van der Waals surface area (Å²) >= 11 is 0. The largest absolute Gasteiger partial charge is 0.481 e. The smallest absolute Gasteiger partial charge is 0.307 e. The van der Waals surface area contributed by atoms with Crippen LogP contribution < -0.4 is 0 Å². The Morgan fingerprint density at radius 2 is 2.46 bits per heavy atom. The van der Waals surface area contributed by atoms with Crippen molar-refractivity contribution in [3.63, 3.8) is 0 Å². The fourth-order valence-corrected chi connectivity index (χ4v) is 1.80. The van der Waals surface area contributed by atoms with Crippen molar-refractivity contribution in [2.75, 3.05) is 0 Å². The monoisotopic (exact) mass is 180 g/mol. The third kappa shape index (κ3) is 1.56. The average molecular weight is 180 g/mol. The molecule has 0 saturated carbocycles. The van der Waals surface area contributed by atoms with E-state index in [1.165, 1.54) is 0 Å². The van der Waals surface area contributed by atoms with Gasteiger partial charge in [-0.15, -0.1) is 0 Å². The third-order valence-corrected chi connectivity index (χ3v) is 2.41. The zero-order valence-electron chi connectivity index (χ0n) is 7.36. The lowest BCUT2D eigenvalue weighted by molar-refractivity contribution is -0.136. The van der Waals surface area contributed by atoms with E-state index < -0.39 is 5.97 Å². The average Bonchev–Trinajstić information content (AvgIpc) is 2.48. The van der Waals surface area contributed by atoms with Gasteiger partial charge in [-0.05, 0) is 19.3 Å². The molecule has 1 aliphatic heterocycles. The molecule has 2 rings (SSSR count). The van der Waals surface area contributed by atoms with E-state index in [1.54, 1.807) is 6.20 Å². The molecule has 70 valence electrons. The quantitative estimate of drug-likeness (QED) is 0.734. The highest BCUT2D eigenvalue weighted by molar-refractivity contribution is 5.70. The maximum absolute atomic E-state index is 10.5. The van der Waals surface area contributed by atoms with Crippen molar-refractivity contribution in [3.8, 4) is 0 Å². The number of carbonyl (C=O) groups is 1. The van der Waals surface area contributed by atoms with E-state index in [2.05, 4.69) is 5.10 Å². The highest BCUT2D eigenvalue weighted by Crippen LogP contribution is 2.18. The fourth-order valence-electron chi connectivity index (χ4n) is 1.80. The van der Waals surface area contributed by atoms with Crippen molar-refractivity contribution in [2.45, 2.75) is 32.2 Å². The van der Waals surface area contributed by atoms with Gasteiger partial charge in [0, 0.05) is 17.8 Å². The first-order valence-corrected chi connectivity index (χ1v) is 4.53. The highest BCUT2D eigenvalue weighted by atomic mass is 16.4. The summed E-state index contributed by atoms with van der Waals surface area (Å²) in [4.78, 5) is 10.5. The molecule has 4 nitrogen and oxygen atoms in total. The van der Waals surface area contributed by atoms with Crippen LogP contribution >= 0.6 is 0 Å².